The van der Waals surface area contributed by atoms with Crippen molar-refractivity contribution in [3.05, 3.63) is 49.0 Å². The van der Waals surface area contributed by atoms with Gasteiger partial charge in [-0.3, -0.25) is 14.2 Å². The Hall–Kier alpha value is -1.99. The average molecular weight is 402 g/mol. The molecule has 0 bridgehead atoms. The lowest BCUT2D eigenvalue weighted by atomic mass is 9.89. The Kier molecular flexibility index (Phi) is 4.90. The summed E-state index contributed by atoms with van der Waals surface area (Å²) in [5.41, 5.74) is 2.27. The van der Waals surface area contributed by atoms with E-state index in [0.29, 0.717) is 12.5 Å². The molecule has 4 rings (SSSR count). The molecule has 27 heavy (non-hydrogen) atoms. The number of hydrogen-bond acceptors (Lipinski definition) is 5. The minimum atomic E-state index is -0.0823. The van der Waals surface area contributed by atoms with Gasteiger partial charge in [0.15, 0.2) is 0 Å². The molecule has 1 aliphatic carbocycles. The summed E-state index contributed by atoms with van der Waals surface area (Å²) in [5.74, 6) is 0.576. The Balaban J connectivity index is 1.59. The Morgan fingerprint density at radius 3 is 3.00 bits per heavy atom. The molecule has 0 saturated carbocycles. The van der Waals surface area contributed by atoms with Gasteiger partial charge in [0.1, 0.15) is 11.4 Å². The third-order valence-electron chi connectivity index (χ3n) is 5.36. The van der Waals surface area contributed by atoms with Crippen LogP contribution >= 0.6 is 22.7 Å². The van der Waals surface area contributed by atoms with Crippen molar-refractivity contribution in [2.45, 2.75) is 46.2 Å². The van der Waals surface area contributed by atoms with E-state index < -0.39 is 0 Å². The van der Waals surface area contributed by atoms with Gasteiger partial charge in [0.2, 0.25) is 5.91 Å². The largest absolute Gasteiger partial charge is 0.339 e. The lowest BCUT2D eigenvalue weighted by Gasteiger charge is -2.18. The van der Waals surface area contributed by atoms with Crippen LogP contribution in [0.25, 0.3) is 10.2 Å². The summed E-state index contributed by atoms with van der Waals surface area (Å²) in [4.78, 5) is 35.1. The number of amides is 1. The Morgan fingerprint density at radius 2 is 2.26 bits per heavy atom. The molecule has 0 N–H and O–H groups in total. The molecule has 0 saturated heterocycles. The second-order valence-electron chi connectivity index (χ2n) is 7.49. The second kappa shape index (κ2) is 7.20. The summed E-state index contributed by atoms with van der Waals surface area (Å²) in [6.45, 7) is 4.90. The van der Waals surface area contributed by atoms with Gasteiger partial charge < -0.3 is 4.90 Å². The van der Waals surface area contributed by atoms with Gasteiger partial charge in [-0.15, -0.1) is 22.7 Å². The summed E-state index contributed by atoms with van der Waals surface area (Å²) >= 11 is 3.29. The fourth-order valence-corrected chi connectivity index (χ4v) is 5.91. The summed E-state index contributed by atoms with van der Waals surface area (Å²) in [6.07, 6.45) is 4.59. The molecule has 0 unspecified atom stereocenters. The SMILES string of the molecule is Cc1ccsc1CN(C)C(=O)Cn1cnc2sc3c(c2c1=O)CC[C@H](C)C3. The molecule has 0 spiro atoms. The van der Waals surface area contributed by atoms with Gasteiger partial charge in [0.25, 0.3) is 5.56 Å². The maximum Gasteiger partial charge on any atom is 0.262 e. The summed E-state index contributed by atoms with van der Waals surface area (Å²) in [6, 6.07) is 2.06. The normalized spacial score (nSPS) is 16.5. The van der Waals surface area contributed by atoms with Gasteiger partial charge in [-0.2, -0.15) is 0 Å². The first kappa shape index (κ1) is 18.4. The van der Waals surface area contributed by atoms with Crippen LogP contribution in [0.4, 0.5) is 0 Å². The van der Waals surface area contributed by atoms with E-state index in [1.54, 1.807) is 34.6 Å². The number of hydrogen-bond donors (Lipinski definition) is 0. The van der Waals surface area contributed by atoms with Gasteiger partial charge >= 0.3 is 0 Å². The fourth-order valence-electron chi connectivity index (χ4n) is 3.61. The molecule has 7 heteroatoms. The molecule has 1 amide bonds. The number of likely N-dealkylation sites (N-methyl/N-ethyl adjacent to an activating group) is 1. The van der Waals surface area contributed by atoms with E-state index in [-0.39, 0.29) is 18.0 Å². The number of aromatic nitrogens is 2. The lowest BCUT2D eigenvalue weighted by Crippen LogP contribution is -2.33. The van der Waals surface area contributed by atoms with Crippen LogP contribution in [0.15, 0.2) is 22.6 Å². The van der Waals surface area contributed by atoms with Gasteiger partial charge in [-0.25, -0.2) is 4.98 Å². The number of carbonyl (C=O) groups excluding carboxylic acids is 1. The van der Waals surface area contributed by atoms with Crippen molar-refractivity contribution < 1.29 is 4.79 Å². The Morgan fingerprint density at radius 1 is 1.44 bits per heavy atom. The van der Waals surface area contributed by atoms with Crippen LogP contribution in [0.5, 0.6) is 0 Å². The molecule has 0 fully saturated rings. The fraction of sp³-hybridized carbons (Fsp3) is 0.450. The lowest BCUT2D eigenvalue weighted by molar-refractivity contribution is -0.131. The van der Waals surface area contributed by atoms with Crippen LogP contribution < -0.4 is 5.56 Å². The van der Waals surface area contributed by atoms with E-state index in [2.05, 4.69) is 18.0 Å². The van der Waals surface area contributed by atoms with E-state index >= 15 is 0 Å². The van der Waals surface area contributed by atoms with E-state index in [9.17, 15) is 9.59 Å². The first-order valence-corrected chi connectivity index (χ1v) is 10.9. The van der Waals surface area contributed by atoms with Gasteiger partial charge in [-0.05, 0) is 54.7 Å². The second-order valence-corrected chi connectivity index (χ2v) is 9.57. The highest BCUT2D eigenvalue weighted by molar-refractivity contribution is 7.18. The van der Waals surface area contributed by atoms with Gasteiger partial charge in [0, 0.05) is 16.8 Å². The topological polar surface area (TPSA) is 55.2 Å². The van der Waals surface area contributed by atoms with Crippen molar-refractivity contribution >= 4 is 38.8 Å². The first-order valence-electron chi connectivity index (χ1n) is 9.20. The van der Waals surface area contributed by atoms with Crippen LogP contribution in [0.2, 0.25) is 0 Å². The standard InChI is InChI=1S/C20H23N3O2S2/c1-12-4-5-14-15(8-12)27-19-18(14)20(25)23(11-21-19)10-17(24)22(3)9-16-13(2)6-7-26-16/h6-7,11-12H,4-5,8-10H2,1-3H3/t12-/m0/s1. The van der Waals surface area contributed by atoms with E-state index in [1.165, 1.54) is 26.2 Å². The number of carbonyl (C=O) groups is 1. The number of nitrogens with zero attached hydrogens (tertiary/aromatic N) is 3. The molecule has 3 aromatic rings. The molecule has 1 aliphatic rings. The predicted molar refractivity (Wildman–Crippen MR) is 111 cm³/mol. The van der Waals surface area contributed by atoms with Crippen molar-refractivity contribution in [1.82, 2.24) is 14.5 Å². The molecule has 0 aliphatic heterocycles. The van der Waals surface area contributed by atoms with E-state index in [1.807, 2.05) is 12.3 Å². The summed E-state index contributed by atoms with van der Waals surface area (Å²) in [5, 5.41) is 2.76. The zero-order valence-electron chi connectivity index (χ0n) is 15.8. The zero-order valence-corrected chi connectivity index (χ0v) is 17.5. The van der Waals surface area contributed by atoms with E-state index in [4.69, 9.17) is 0 Å². The van der Waals surface area contributed by atoms with Crippen LogP contribution in [0.1, 0.15) is 34.2 Å². The zero-order chi connectivity index (χ0) is 19.1. The highest BCUT2D eigenvalue weighted by Gasteiger charge is 2.23. The smallest absolute Gasteiger partial charge is 0.262 e. The minimum absolute atomic E-state index is 0.0315. The number of fused-ring (bicyclic) bond motifs is 3. The highest BCUT2D eigenvalue weighted by Crippen LogP contribution is 2.35. The van der Waals surface area contributed by atoms with Gasteiger partial charge in [0.05, 0.1) is 18.3 Å². The van der Waals surface area contributed by atoms with Crippen LogP contribution in [-0.2, 0) is 30.7 Å². The molecule has 0 radical (unpaired) electrons. The van der Waals surface area contributed by atoms with E-state index in [0.717, 1.165) is 35.0 Å². The molecule has 142 valence electrons. The maximum absolute atomic E-state index is 13.0. The first-order chi connectivity index (χ1) is 12.9. The number of aryl methyl sites for hydroxylation is 2. The third kappa shape index (κ3) is 3.46. The van der Waals surface area contributed by atoms with Crippen molar-refractivity contribution in [3.8, 4) is 0 Å². The monoisotopic (exact) mass is 401 g/mol. The average Bonchev–Trinajstić information content (AvgIpc) is 3.20. The number of thiophene rings is 2. The number of rotatable bonds is 4. The van der Waals surface area contributed by atoms with Crippen molar-refractivity contribution in [3.63, 3.8) is 0 Å². The van der Waals surface area contributed by atoms with Crippen molar-refractivity contribution in [2.24, 2.45) is 5.92 Å². The van der Waals surface area contributed by atoms with Crippen LogP contribution in [0, 0.1) is 12.8 Å². The third-order valence-corrected chi connectivity index (χ3v) is 7.53. The summed E-state index contributed by atoms with van der Waals surface area (Å²) in [7, 11) is 1.78. The van der Waals surface area contributed by atoms with Crippen molar-refractivity contribution in [2.75, 3.05) is 7.05 Å². The minimum Gasteiger partial charge on any atom is -0.339 e. The Bertz CT molecular complexity index is 1060. The van der Waals surface area contributed by atoms with Crippen LogP contribution in [0.3, 0.4) is 0 Å². The molecule has 0 aromatic carbocycles. The predicted octanol–water partition coefficient (Wildman–Crippen LogP) is 3.61. The summed E-state index contributed by atoms with van der Waals surface area (Å²) < 4.78 is 1.47. The quantitative estimate of drug-likeness (QED) is 0.671. The molecule has 5 nitrogen and oxygen atoms in total. The molecular formula is C20H23N3O2S2. The van der Waals surface area contributed by atoms with Gasteiger partial charge in [-0.1, -0.05) is 6.92 Å². The maximum atomic E-state index is 13.0. The Labute approximate surface area is 166 Å². The molecule has 3 aromatic heterocycles. The highest BCUT2D eigenvalue weighted by atomic mass is 32.1. The molecule has 3 heterocycles. The van der Waals surface area contributed by atoms with Crippen molar-refractivity contribution in [1.29, 1.82) is 0 Å². The molecule has 1 atom stereocenters. The van der Waals surface area contributed by atoms with Crippen LogP contribution in [-0.4, -0.2) is 27.4 Å². The molecular weight excluding hydrogens is 378 g/mol.